The molecule has 0 radical (unpaired) electrons. The normalized spacial score (nSPS) is 16.0. The summed E-state index contributed by atoms with van der Waals surface area (Å²) in [6.45, 7) is 16.6. The number of nitrogen functional groups attached to an aromatic ring is 2. The molecule has 30 heteroatoms. The summed E-state index contributed by atoms with van der Waals surface area (Å²) < 4.78 is 234. The van der Waals surface area contributed by atoms with Gasteiger partial charge in [-0.2, -0.15) is 69.5 Å². The van der Waals surface area contributed by atoms with Crippen molar-refractivity contribution in [2.24, 2.45) is 0 Å². The van der Waals surface area contributed by atoms with Gasteiger partial charge in [-0.15, -0.1) is 0 Å². The van der Waals surface area contributed by atoms with E-state index in [1.165, 1.54) is 48.5 Å². The van der Waals surface area contributed by atoms with Gasteiger partial charge in [0.1, 0.15) is 11.5 Å². The highest BCUT2D eigenvalue weighted by Crippen LogP contribution is 2.46. The molecule has 98 heavy (non-hydrogen) atoms. The van der Waals surface area contributed by atoms with Gasteiger partial charge in [0.15, 0.2) is 11.5 Å². The zero-order chi connectivity index (χ0) is 72.3. The fourth-order valence-electron chi connectivity index (χ4n) is 10.6. The number of rotatable bonds is 8. The molecule has 0 bridgehead atoms. The maximum atomic E-state index is 13.7. The van der Waals surface area contributed by atoms with Crippen LogP contribution >= 0.6 is 0 Å². The maximum Gasteiger partial charge on any atom is 0.534 e. The van der Waals surface area contributed by atoms with Crippen LogP contribution in [0.4, 0.5) is 64.1 Å². The zero-order valence-corrected chi connectivity index (χ0v) is 54.6. The van der Waals surface area contributed by atoms with E-state index in [1.54, 1.807) is 48.5 Å². The van der Waals surface area contributed by atoms with Crippen molar-refractivity contribution < 1.29 is 107 Å². The van der Waals surface area contributed by atoms with E-state index in [0.29, 0.717) is 21.5 Å². The minimum atomic E-state index is -6.05. The van der Waals surface area contributed by atoms with E-state index in [1.807, 2.05) is 0 Å². The molecule has 2 saturated heterocycles. The van der Waals surface area contributed by atoms with Gasteiger partial charge in [0.25, 0.3) is 0 Å². The van der Waals surface area contributed by atoms with E-state index in [0.717, 1.165) is 70.2 Å². The number of phenolic OH excluding ortho intramolecular Hbond substituents is 2. The van der Waals surface area contributed by atoms with Crippen LogP contribution in [-0.2, 0) is 51.2 Å². The molecule has 0 aromatic heterocycles. The van der Waals surface area contributed by atoms with Crippen molar-refractivity contribution in [1.82, 2.24) is 0 Å². The fourth-order valence-corrected chi connectivity index (χ4v) is 11.5. The van der Waals surface area contributed by atoms with Gasteiger partial charge >= 0.3 is 57.8 Å². The Labute approximate surface area is 555 Å². The third-order valence-corrected chi connectivity index (χ3v) is 18.8. The van der Waals surface area contributed by atoms with Crippen LogP contribution in [0, 0.1) is 0 Å². The van der Waals surface area contributed by atoms with Crippen LogP contribution in [0.1, 0.15) is 66.5 Å². The van der Waals surface area contributed by atoms with E-state index in [2.05, 4.69) is 100 Å². The van der Waals surface area contributed by atoms with Gasteiger partial charge < -0.3 is 48.7 Å². The first-order chi connectivity index (χ1) is 45.3. The maximum absolute atomic E-state index is 13.7. The zero-order valence-electron chi connectivity index (χ0n) is 53.0. The number of phenols is 2. The van der Waals surface area contributed by atoms with Crippen LogP contribution in [0.25, 0.3) is 65.3 Å². The minimum absolute atomic E-state index is 0.0429. The Balaban J connectivity index is 0.000000159. The quantitative estimate of drug-likeness (QED) is 0.0366. The second-order valence-electron chi connectivity index (χ2n) is 24.5. The molecule has 0 amide bonds. The summed E-state index contributed by atoms with van der Waals surface area (Å²) >= 11 is 0. The molecule has 2 heterocycles. The lowest BCUT2D eigenvalue weighted by molar-refractivity contribution is -0.137. The van der Waals surface area contributed by atoms with Crippen LogP contribution in [0.2, 0.25) is 0 Å². The Morgan fingerprint density at radius 2 is 0.633 bits per heavy atom. The molecule has 0 aliphatic carbocycles. The number of halogens is 12. The summed E-state index contributed by atoms with van der Waals surface area (Å²) in [6, 6.07) is 44.3. The lowest BCUT2D eigenvalue weighted by atomic mass is 9.71. The van der Waals surface area contributed by atoms with E-state index < -0.39 is 91.2 Å². The van der Waals surface area contributed by atoms with Crippen LogP contribution in [0.3, 0.4) is 0 Å². The fraction of sp³-hybridized carbons (Fsp3) is 0.235. The number of hydrogen-bond acceptors (Lipinski definition) is 14. The molecule has 10 aromatic rings. The minimum Gasteiger partial charge on any atom is -0.507 e. The predicted molar refractivity (Wildman–Crippen MR) is 351 cm³/mol. The monoisotopic (exact) mass is 1410 g/mol. The largest absolute Gasteiger partial charge is 0.534 e. The van der Waals surface area contributed by atoms with E-state index in [4.69, 9.17) is 30.1 Å². The summed E-state index contributed by atoms with van der Waals surface area (Å²) in [5.74, 6) is -1.36. The number of benzene rings is 10. The smallest absolute Gasteiger partial charge is 0.507 e. The molecule has 12 rings (SSSR count). The number of alkyl halides is 12. The predicted octanol–water partition coefficient (Wildman–Crippen LogP) is 16.4. The van der Waals surface area contributed by atoms with E-state index in [-0.39, 0.29) is 67.5 Å². The molecule has 0 unspecified atom stereocenters. The molecule has 2 aliphatic heterocycles. The molecular formula is C68H60B2F12N2O12S2. The Morgan fingerprint density at radius 1 is 0.357 bits per heavy atom. The molecule has 0 spiro atoms. The molecule has 14 nitrogen and oxygen atoms in total. The average molecular weight is 1410 g/mol. The van der Waals surface area contributed by atoms with Gasteiger partial charge in [0, 0.05) is 32.9 Å². The number of anilines is 2. The van der Waals surface area contributed by atoms with Gasteiger partial charge in [-0.3, -0.25) is 0 Å². The first-order valence-corrected chi connectivity index (χ1v) is 32.2. The first-order valence-electron chi connectivity index (χ1n) is 29.4. The molecule has 0 atom stereocenters. The van der Waals surface area contributed by atoms with Gasteiger partial charge in [-0.1, -0.05) is 133 Å². The Morgan fingerprint density at radius 3 is 0.949 bits per heavy atom. The molecule has 2 fully saturated rings. The Bertz CT molecular complexity index is 4580. The highest BCUT2D eigenvalue weighted by Gasteiger charge is 2.55. The summed E-state index contributed by atoms with van der Waals surface area (Å²) in [4.78, 5) is 0. The van der Waals surface area contributed by atoms with Crippen LogP contribution in [0.15, 0.2) is 182 Å². The number of fused-ring (bicyclic) bond motifs is 4. The van der Waals surface area contributed by atoms with Crippen LogP contribution < -0.4 is 30.8 Å². The van der Waals surface area contributed by atoms with Crippen molar-refractivity contribution in [2.45, 2.75) is 101 Å². The van der Waals surface area contributed by atoms with Crippen molar-refractivity contribution in [3.8, 4) is 45.3 Å². The molecule has 0 saturated carbocycles. The third-order valence-electron chi connectivity index (χ3n) is 16.9. The topological polar surface area (TPSA) is 216 Å². The third kappa shape index (κ3) is 15.0. The van der Waals surface area contributed by atoms with E-state index in [9.17, 15) is 79.7 Å². The Kier molecular flexibility index (Phi) is 19.7. The average Bonchev–Trinajstić information content (AvgIpc) is 1.64. The lowest BCUT2D eigenvalue weighted by Gasteiger charge is -2.32. The molecular weight excluding hydrogens is 1350 g/mol. The highest BCUT2D eigenvalue weighted by atomic mass is 32.2. The molecule has 10 aromatic carbocycles. The van der Waals surface area contributed by atoms with Crippen molar-refractivity contribution in [1.29, 1.82) is 0 Å². The molecule has 516 valence electrons. The van der Waals surface area contributed by atoms with Crippen molar-refractivity contribution in [3.63, 3.8) is 0 Å². The standard InChI is InChI=1S/C24H16F6N2.C22H30B2O4.C12H6F6O6S2.C10H8O2/c25-23(26,27)21-11-13(31)7-9-19(21)17-5-1-3-15-16(17)4-2-6-18(15)20-10-8-14(32)12-22(20)24(28,29)30;1-19(2)20(3,4)26-23(25-19)17-13-9-12-16-15(17)11-10-14-18(16)24-27-21(5,6)22(7,8)28-24;13-11(14,15)25(19,20)23-9-5-1-3-7-8(9)4-2-6-10(7)24-26(21,22)12(16,17)18;11-9-5-1-3-7-8(9)4-2-6-10(7)12/h1-12H,31-32H2;9-14H,1-8H3;1-6H;1-6,11-12H. The summed E-state index contributed by atoms with van der Waals surface area (Å²) in [5, 5.41) is 22.3. The Hall–Kier alpha value is -8.93. The van der Waals surface area contributed by atoms with Gasteiger partial charge in [0.2, 0.25) is 0 Å². The van der Waals surface area contributed by atoms with Gasteiger partial charge in [-0.25, -0.2) is 0 Å². The van der Waals surface area contributed by atoms with Crippen molar-refractivity contribution in [2.75, 3.05) is 11.5 Å². The van der Waals surface area contributed by atoms with Crippen molar-refractivity contribution >= 4 is 99.9 Å². The summed E-state index contributed by atoms with van der Waals surface area (Å²) in [7, 11) is -12.9. The highest BCUT2D eigenvalue weighted by molar-refractivity contribution is 7.88. The first kappa shape index (κ1) is 73.3. The van der Waals surface area contributed by atoms with Crippen molar-refractivity contribution in [3.05, 3.63) is 193 Å². The second-order valence-corrected chi connectivity index (χ2v) is 27.6. The van der Waals surface area contributed by atoms with E-state index >= 15 is 0 Å². The van der Waals surface area contributed by atoms with Gasteiger partial charge in [0.05, 0.1) is 33.5 Å². The lowest BCUT2D eigenvalue weighted by Crippen LogP contribution is -2.41. The van der Waals surface area contributed by atoms with Crippen LogP contribution in [-0.4, -0.2) is 74.7 Å². The second kappa shape index (κ2) is 26.4. The SMILES string of the molecule is CC1(C)OB(c2cccc3c(B4OC(C)(C)C(C)(C)O4)cccc23)OC1(C)C.Nc1ccc(-c2cccc3c(-c4ccc(N)cc4C(F)(F)F)cccc23)c(C(F)(F)F)c1.O=S(=O)(Oc1cccc2c(OS(=O)(=O)C(F)(F)F)cccc12)C(F)(F)F.Oc1cccc2c(O)cccc12. The summed E-state index contributed by atoms with van der Waals surface area (Å²) in [5.41, 5.74) is -1.44. The van der Waals surface area contributed by atoms with Gasteiger partial charge in [-0.05, 0) is 159 Å². The number of hydrogen-bond donors (Lipinski definition) is 4. The molecule has 2 aliphatic rings. The summed E-state index contributed by atoms with van der Waals surface area (Å²) in [6.07, 6.45) is -9.32. The number of nitrogens with two attached hydrogens (primary N) is 2. The van der Waals surface area contributed by atoms with Crippen LogP contribution in [0.5, 0.6) is 23.0 Å². The molecule has 6 N–H and O–H groups in total. The number of aromatic hydroxyl groups is 2.